The number of cyclic esters (lactones) is 1. The van der Waals surface area contributed by atoms with Crippen molar-refractivity contribution in [3.8, 4) is 5.75 Å². The zero-order valence-electron chi connectivity index (χ0n) is 17.1. The summed E-state index contributed by atoms with van der Waals surface area (Å²) >= 11 is 0. The van der Waals surface area contributed by atoms with Gasteiger partial charge in [0.15, 0.2) is 5.70 Å². The van der Waals surface area contributed by atoms with Gasteiger partial charge in [0.1, 0.15) is 5.75 Å². The van der Waals surface area contributed by atoms with E-state index in [1.807, 2.05) is 37.3 Å². The van der Waals surface area contributed by atoms with Crippen molar-refractivity contribution in [3.63, 3.8) is 0 Å². The number of carbonyl (C=O) groups excluding carboxylic acids is 2. The maximum atomic E-state index is 12.5. The Kier molecular flexibility index (Phi) is 5.62. The number of methoxy groups -OCH3 is 1. The highest BCUT2D eigenvalue weighted by atomic mass is 16.6. The van der Waals surface area contributed by atoms with Crippen LogP contribution in [0.3, 0.4) is 0 Å². The van der Waals surface area contributed by atoms with Crippen molar-refractivity contribution in [2.24, 2.45) is 4.99 Å². The number of aliphatic imine (C=N–C) groups is 1. The van der Waals surface area contributed by atoms with E-state index < -0.39 is 5.97 Å². The lowest BCUT2D eigenvalue weighted by Crippen LogP contribution is -2.11. The van der Waals surface area contributed by atoms with Gasteiger partial charge in [-0.05, 0) is 55.0 Å². The molecule has 3 aromatic rings. The molecule has 1 aliphatic heterocycles. The molecule has 0 radical (unpaired) electrons. The Morgan fingerprint density at radius 1 is 1.03 bits per heavy atom. The second-order valence-electron chi connectivity index (χ2n) is 6.98. The summed E-state index contributed by atoms with van der Waals surface area (Å²) in [6.07, 6.45) is 1.62. The van der Waals surface area contributed by atoms with Gasteiger partial charge in [0.2, 0.25) is 5.90 Å². The molecule has 6 heteroatoms. The van der Waals surface area contributed by atoms with E-state index in [-0.39, 0.29) is 17.5 Å². The highest BCUT2D eigenvalue weighted by Gasteiger charge is 2.26. The number of anilines is 1. The van der Waals surface area contributed by atoms with Crippen molar-refractivity contribution in [3.05, 3.63) is 101 Å². The van der Waals surface area contributed by atoms with Crippen LogP contribution in [0.4, 0.5) is 5.69 Å². The van der Waals surface area contributed by atoms with Gasteiger partial charge in [-0.25, -0.2) is 9.79 Å². The van der Waals surface area contributed by atoms with Gasteiger partial charge in [0, 0.05) is 11.3 Å². The van der Waals surface area contributed by atoms with Crippen molar-refractivity contribution >= 4 is 29.5 Å². The standard InChI is InChI=1S/C25H20N2O4/c1-16-10-12-18(13-11-16)23(28)26-19-7-5-6-17(14-19)15-21-25(29)31-24(27-21)20-8-3-4-9-22(20)30-2/h3-15H,1-2H3,(H,26,28)/b21-15-. The quantitative estimate of drug-likeness (QED) is 0.491. The zero-order valence-corrected chi connectivity index (χ0v) is 17.1. The molecule has 0 fully saturated rings. The molecule has 0 unspecified atom stereocenters. The van der Waals surface area contributed by atoms with E-state index in [2.05, 4.69) is 10.3 Å². The van der Waals surface area contributed by atoms with Crippen LogP contribution in [-0.2, 0) is 9.53 Å². The molecule has 0 aromatic heterocycles. The predicted molar refractivity (Wildman–Crippen MR) is 119 cm³/mol. The van der Waals surface area contributed by atoms with Gasteiger partial charge < -0.3 is 14.8 Å². The fraction of sp³-hybridized carbons (Fsp3) is 0.0800. The molecule has 0 atom stereocenters. The first-order chi connectivity index (χ1) is 15.0. The van der Waals surface area contributed by atoms with Gasteiger partial charge in [-0.3, -0.25) is 4.79 Å². The number of para-hydroxylation sites is 1. The van der Waals surface area contributed by atoms with Gasteiger partial charge in [0.05, 0.1) is 12.7 Å². The summed E-state index contributed by atoms with van der Waals surface area (Å²) < 4.78 is 10.6. The Hall–Kier alpha value is -4.19. The minimum Gasteiger partial charge on any atom is -0.496 e. The Balaban J connectivity index is 1.56. The largest absolute Gasteiger partial charge is 0.496 e. The first kappa shape index (κ1) is 20.1. The SMILES string of the molecule is COc1ccccc1C1=N/C(=C\c2cccc(NC(=O)c3ccc(C)cc3)c2)C(=O)O1. The monoisotopic (exact) mass is 412 g/mol. The highest BCUT2D eigenvalue weighted by Crippen LogP contribution is 2.25. The van der Waals surface area contributed by atoms with Gasteiger partial charge >= 0.3 is 5.97 Å². The maximum Gasteiger partial charge on any atom is 0.363 e. The number of carbonyl (C=O) groups is 2. The van der Waals surface area contributed by atoms with Crippen LogP contribution in [0.5, 0.6) is 5.75 Å². The van der Waals surface area contributed by atoms with Gasteiger partial charge in [-0.2, -0.15) is 0 Å². The summed E-state index contributed by atoms with van der Waals surface area (Å²) in [5.41, 5.74) is 3.74. The number of nitrogens with zero attached hydrogens (tertiary/aromatic N) is 1. The summed E-state index contributed by atoms with van der Waals surface area (Å²) in [6, 6.07) is 21.7. The number of hydrogen-bond acceptors (Lipinski definition) is 5. The lowest BCUT2D eigenvalue weighted by molar-refractivity contribution is -0.129. The molecule has 0 bridgehead atoms. The van der Waals surface area contributed by atoms with Crippen molar-refractivity contribution in [1.29, 1.82) is 0 Å². The molecule has 31 heavy (non-hydrogen) atoms. The lowest BCUT2D eigenvalue weighted by atomic mass is 10.1. The van der Waals surface area contributed by atoms with Gasteiger partial charge in [0.25, 0.3) is 5.91 Å². The lowest BCUT2D eigenvalue weighted by Gasteiger charge is -2.06. The number of esters is 1. The molecule has 154 valence electrons. The fourth-order valence-electron chi connectivity index (χ4n) is 3.12. The molecule has 3 aromatic carbocycles. The number of aryl methyl sites for hydroxylation is 1. The fourth-order valence-corrected chi connectivity index (χ4v) is 3.12. The molecule has 4 rings (SSSR count). The second-order valence-corrected chi connectivity index (χ2v) is 6.98. The minimum atomic E-state index is -0.546. The van der Waals surface area contributed by atoms with Gasteiger partial charge in [-0.1, -0.05) is 42.0 Å². The van der Waals surface area contributed by atoms with E-state index in [0.717, 1.165) is 5.56 Å². The van der Waals surface area contributed by atoms with Crippen molar-refractivity contribution in [2.45, 2.75) is 6.92 Å². The number of ether oxygens (including phenoxy) is 2. The normalized spacial score (nSPS) is 14.2. The summed E-state index contributed by atoms with van der Waals surface area (Å²) in [6.45, 7) is 1.97. The molecule has 1 aliphatic rings. The van der Waals surface area contributed by atoms with E-state index in [4.69, 9.17) is 9.47 Å². The summed E-state index contributed by atoms with van der Waals surface area (Å²) in [5, 5.41) is 2.87. The Labute approximate surface area is 179 Å². The van der Waals surface area contributed by atoms with Crippen molar-refractivity contribution < 1.29 is 19.1 Å². The third-order valence-electron chi connectivity index (χ3n) is 4.72. The number of nitrogens with one attached hydrogen (secondary N) is 1. The van der Waals surface area contributed by atoms with Crippen LogP contribution in [-0.4, -0.2) is 24.9 Å². The minimum absolute atomic E-state index is 0.169. The zero-order chi connectivity index (χ0) is 21.8. The molecule has 6 nitrogen and oxygen atoms in total. The third kappa shape index (κ3) is 4.53. The first-order valence-electron chi connectivity index (χ1n) is 9.67. The molecule has 0 aliphatic carbocycles. The summed E-state index contributed by atoms with van der Waals surface area (Å²) in [4.78, 5) is 29.1. The first-order valence-corrected chi connectivity index (χ1v) is 9.67. The van der Waals surface area contributed by atoms with Crippen LogP contribution in [0, 0.1) is 6.92 Å². The average molecular weight is 412 g/mol. The Bertz CT molecular complexity index is 1210. The predicted octanol–water partition coefficient (Wildman–Crippen LogP) is 4.60. The smallest absolute Gasteiger partial charge is 0.363 e. The van der Waals surface area contributed by atoms with E-state index in [0.29, 0.717) is 28.1 Å². The van der Waals surface area contributed by atoms with Crippen LogP contribution >= 0.6 is 0 Å². The average Bonchev–Trinajstić information content (AvgIpc) is 3.14. The number of benzene rings is 3. The van der Waals surface area contributed by atoms with Gasteiger partial charge in [-0.15, -0.1) is 0 Å². The molecule has 1 heterocycles. The molecule has 0 spiro atoms. The molecular formula is C25H20N2O4. The molecular weight excluding hydrogens is 392 g/mol. The number of rotatable bonds is 5. The number of amides is 1. The van der Waals surface area contributed by atoms with Crippen LogP contribution in [0.2, 0.25) is 0 Å². The topological polar surface area (TPSA) is 77.0 Å². The van der Waals surface area contributed by atoms with Crippen LogP contribution in [0.15, 0.2) is 83.5 Å². The van der Waals surface area contributed by atoms with E-state index in [1.165, 1.54) is 0 Å². The van der Waals surface area contributed by atoms with Crippen molar-refractivity contribution in [1.82, 2.24) is 0 Å². The van der Waals surface area contributed by atoms with E-state index in [9.17, 15) is 9.59 Å². The highest BCUT2D eigenvalue weighted by molar-refractivity contribution is 6.14. The van der Waals surface area contributed by atoms with E-state index in [1.54, 1.807) is 55.7 Å². The number of hydrogen-bond donors (Lipinski definition) is 1. The summed E-state index contributed by atoms with van der Waals surface area (Å²) in [5.74, 6) is 0.00482. The maximum absolute atomic E-state index is 12.5. The Morgan fingerprint density at radius 2 is 1.81 bits per heavy atom. The summed E-state index contributed by atoms with van der Waals surface area (Å²) in [7, 11) is 1.54. The Morgan fingerprint density at radius 3 is 2.58 bits per heavy atom. The van der Waals surface area contributed by atoms with Crippen molar-refractivity contribution in [2.75, 3.05) is 12.4 Å². The van der Waals surface area contributed by atoms with Crippen LogP contribution in [0.1, 0.15) is 27.0 Å². The third-order valence-corrected chi connectivity index (χ3v) is 4.72. The molecule has 1 N–H and O–H groups in total. The molecule has 1 amide bonds. The van der Waals surface area contributed by atoms with Crippen LogP contribution in [0.25, 0.3) is 6.08 Å². The molecule has 0 saturated carbocycles. The molecule has 0 saturated heterocycles. The van der Waals surface area contributed by atoms with Crippen LogP contribution < -0.4 is 10.1 Å². The second kappa shape index (κ2) is 8.67. The van der Waals surface area contributed by atoms with E-state index >= 15 is 0 Å².